The first-order chi connectivity index (χ1) is 11.7. The second kappa shape index (κ2) is 6.36. The van der Waals surface area contributed by atoms with Crippen LogP contribution in [-0.2, 0) is 13.1 Å². The largest absolute Gasteiger partial charge is 0.408 e. The van der Waals surface area contributed by atoms with E-state index in [9.17, 15) is 17.6 Å². The van der Waals surface area contributed by atoms with E-state index >= 15 is 0 Å². The highest BCUT2D eigenvalue weighted by atomic mass is 19.4. The van der Waals surface area contributed by atoms with Gasteiger partial charge < -0.3 is 0 Å². The van der Waals surface area contributed by atoms with Gasteiger partial charge >= 0.3 is 6.18 Å². The smallest absolute Gasteiger partial charge is 0.290 e. The Morgan fingerprint density at radius 1 is 1.24 bits per heavy atom. The molecule has 136 valence electrons. The van der Waals surface area contributed by atoms with Crippen LogP contribution in [0.3, 0.4) is 0 Å². The van der Waals surface area contributed by atoms with E-state index < -0.39 is 18.3 Å². The maximum absolute atomic E-state index is 14.2. The Morgan fingerprint density at radius 3 is 2.64 bits per heavy atom. The van der Waals surface area contributed by atoms with Crippen molar-refractivity contribution in [1.82, 2.24) is 25.1 Å². The van der Waals surface area contributed by atoms with Crippen LogP contribution in [0.5, 0.6) is 0 Å². The van der Waals surface area contributed by atoms with E-state index in [0.717, 1.165) is 11.1 Å². The third kappa shape index (κ3) is 3.65. The fourth-order valence-corrected chi connectivity index (χ4v) is 3.52. The standard InChI is InChI=1S/C16H19F4N5/c1-15(2)12(11-5-3-4-6-13(11)17)7-8-24(15)9-14-21-22-23-25(14)10-16(18,19)20/h3-6,12H,7-10H2,1-2H3. The molecule has 0 N–H and O–H groups in total. The highest BCUT2D eigenvalue weighted by Crippen LogP contribution is 2.43. The number of rotatable bonds is 4. The van der Waals surface area contributed by atoms with E-state index in [1.165, 1.54) is 6.07 Å². The van der Waals surface area contributed by atoms with Crippen molar-refractivity contribution < 1.29 is 17.6 Å². The number of benzene rings is 1. The molecule has 5 nitrogen and oxygen atoms in total. The first kappa shape index (κ1) is 17.8. The zero-order valence-electron chi connectivity index (χ0n) is 14.0. The quantitative estimate of drug-likeness (QED) is 0.789. The highest BCUT2D eigenvalue weighted by Gasteiger charge is 2.43. The zero-order chi connectivity index (χ0) is 18.2. The molecule has 1 atom stereocenters. The molecular formula is C16H19F4N5. The molecule has 1 aliphatic heterocycles. The Morgan fingerprint density at radius 2 is 1.96 bits per heavy atom. The van der Waals surface area contributed by atoms with Gasteiger partial charge in [0.25, 0.3) is 0 Å². The molecule has 0 radical (unpaired) electrons. The SMILES string of the molecule is CC1(C)C(c2ccccc2F)CCN1Cc1nnnn1CC(F)(F)F. The molecule has 25 heavy (non-hydrogen) atoms. The van der Waals surface area contributed by atoms with E-state index in [4.69, 9.17) is 0 Å². The van der Waals surface area contributed by atoms with Crippen molar-refractivity contribution in [2.45, 2.75) is 51.0 Å². The lowest BCUT2D eigenvalue weighted by Gasteiger charge is -2.36. The molecule has 0 saturated carbocycles. The van der Waals surface area contributed by atoms with Crippen molar-refractivity contribution in [3.8, 4) is 0 Å². The summed E-state index contributed by atoms with van der Waals surface area (Å²) < 4.78 is 52.8. The minimum atomic E-state index is -4.39. The fourth-order valence-electron chi connectivity index (χ4n) is 3.52. The lowest BCUT2D eigenvalue weighted by atomic mass is 9.82. The number of halogens is 4. The first-order valence-corrected chi connectivity index (χ1v) is 8.00. The van der Waals surface area contributed by atoms with E-state index in [0.29, 0.717) is 12.1 Å². The number of alkyl halides is 3. The van der Waals surface area contributed by atoms with Gasteiger partial charge in [-0.3, -0.25) is 4.90 Å². The topological polar surface area (TPSA) is 46.8 Å². The lowest BCUT2D eigenvalue weighted by molar-refractivity contribution is -0.143. The van der Waals surface area contributed by atoms with Crippen molar-refractivity contribution in [3.05, 3.63) is 41.5 Å². The van der Waals surface area contributed by atoms with Gasteiger partial charge in [-0.25, -0.2) is 9.07 Å². The molecule has 0 spiro atoms. The van der Waals surface area contributed by atoms with Crippen LogP contribution in [0.4, 0.5) is 17.6 Å². The minimum Gasteiger partial charge on any atom is -0.290 e. The van der Waals surface area contributed by atoms with Crippen LogP contribution in [0.2, 0.25) is 0 Å². The Hall–Kier alpha value is -2.03. The summed E-state index contributed by atoms with van der Waals surface area (Å²) >= 11 is 0. The molecule has 1 aromatic heterocycles. The second-order valence-corrected chi connectivity index (χ2v) is 6.81. The molecule has 3 rings (SSSR count). The van der Waals surface area contributed by atoms with Gasteiger partial charge in [0.05, 0.1) is 6.54 Å². The van der Waals surface area contributed by atoms with Crippen LogP contribution in [0, 0.1) is 5.82 Å². The van der Waals surface area contributed by atoms with Crippen LogP contribution in [0.25, 0.3) is 0 Å². The Balaban J connectivity index is 1.79. The fraction of sp³-hybridized carbons (Fsp3) is 0.562. The minimum absolute atomic E-state index is 0.0550. The number of hydrogen-bond acceptors (Lipinski definition) is 4. The molecular weight excluding hydrogens is 338 g/mol. The van der Waals surface area contributed by atoms with Crippen LogP contribution in [0.15, 0.2) is 24.3 Å². The summed E-state index contributed by atoms with van der Waals surface area (Å²) in [6.07, 6.45) is -3.67. The van der Waals surface area contributed by atoms with Crippen molar-refractivity contribution in [2.75, 3.05) is 6.54 Å². The first-order valence-electron chi connectivity index (χ1n) is 8.00. The molecule has 1 unspecified atom stereocenters. The van der Waals surface area contributed by atoms with Gasteiger partial charge in [0.15, 0.2) is 5.82 Å². The van der Waals surface area contributed by atoms with Crippen molar-refractivity contribution in [1.29, 1.82) is 0 Å². The van der Waals surface area contributed by atoms with Gasteiger partial charge in [0, 0.05) is 11.5 Å². The van der Waals surface area contributed by atoms with Crippen LogP contribution in [0.1, 0.15) is 37.6 Å². The molecule has 2 aromatic rings. The van der Waals surface area contributed by atoms with E-state index in [-0.39, 0.29) is 24.1 Å². The molecule has 1 saturated heterocycles. The molecule has 0 amide bonds. The van der Waals surface area contributed by atoms with E-state index in [2.05, 4.69) is 15.5 Å². The van der Waals surface area contributed by atoms with Crippen LogP contribution >= 0.6 is 0 Å². The predicted molar refractivity (Wildman–Crippen MR) is 82.1 cm³/mol. The summed E-state index contributed by atoms with van der Waals surface area (Å²) in [5, 5.41) is 10.5. The third-order valence-electron chi connectivity index (χ3n) is 4.90. The molecule has 1 aliphatic rings. The van der Waals surface area contributed by atoms with Crippen molar-refractivity contribution in [3.63, 3.8) is 0 Å². The van der Waals surface area contributed by atoms with Gasteiger partial charge in [-0.15, -0.1) is 5.10 Å². The molecule has 2 heterocycles. The molecule has 9 heteroatoms. The second-order valence-electron chi connectivity index (χ2n) is 6.81. The summed E-state index contributed by atoms with van der Waals surface area (Å²) in [4.78, 5) is 2.00. The lowest BCUT2D eigenvalue weighted by Crippen LogP contribution is -2.42. The third-order valence-corrected chi connectivity index (χ3v) is 4.90. The maximum Gasteiger partial charge on any atom is 0.408 e. The summed E-state index contributed by atoms with van der Waals surface area (Å²) in [5.41, 5.74) is 0.196. The van der Waals surface area contributed by atoms with Gasteiger partial charge in [-0.05, 0) is 48.9 Å². The van der Waals surface area contributed by atoms with Crippen molar-refractivity contribution >= 4 is 0 Å². The van der Waals surface area contributed by atoms with Gasteiger partial charge in [0.1, 0.15) is 12.4 Å². The van der Waals surface area contributed by atoms with E-state index in [1.54, 1.807) is 18.2 Å². The average Bonchev–Trinajstić information content (AvgIpc) is 3.04. The highest BCUT2D eigenvalue weighted by molar-refractivity contribution is 5.27. The van der Waals surface area contributed by atoms with Crippen LogP contribution in [-0.4, -0.2) is 43.4 Å². The summed E-state index contributed by atoms with van der Waals surface area (Å²) in [6, 6.07) is 6.63. The van der Waals surface area contributed by atoms with Gasteiger partial charge in [-0.1, -0.05) is 18.2 Å². The molecule has 1 fully saturated rings. The number of hydrogen-bond donors (Lipinski definition) is 0. The average molecular weight is 357 g/mol. The summed E-state index contributed by atoms with van der Waals surface area (Å²) in [6.45, 7) is 3.52. The number of likely N-dealkylation sites (tertiary alicyclic amines) is 1. The molecule has 1 aromatic carbocycles. The van der Waals surface area contributed by atoms with Crippen LogP contribution < -0.4 is 0 Å². The number of aromatic nitrogens is 4. The maximum atomic E-state index is 14.2. The van der Waals surface area contributed by atoms with E-state index in [1.807, 2.05) is 18.7 Å². The zero-order valence-corrected chi connectivity index (χ0v) is 14.0. The normalized spacial score (nSPS) is 21.0. The van der Waals surface area contributed by atoms with Gasteiger partial charge in [0.2, 0.25) is 0 Å². The molecule has 0 bridgehead atoms. The Kier molecular flexibility index (Phi) is 4.52. The summed E-state index contributed by atoms with van der Waals surface area (Å²) in [7, 11) is 0. The number of tetrazole rings is 1. The van der Waals surface area contributed by atoms with Gasteiger partial charge in [-0.2, -0.15) is 13.2 Å². The monoisotopic (exact) mass is 357 g/mol. The number of nitrogens with zero attached hydrogens (tertiary/aromatic N) is 5. The molecule has 0 aliphatic carbocycles. The van der Waals surface area contributed by atoms with Crippen molar-refractivity contribution in [2.24, 2.45) is 0 Å². The Bertz CT molecular complexity index is 740. The predicted octanol–water partition coefficient (Wildman–Crippen LogP) is 3.14. The summed E-state index contributed by atoms with van der Waals surface area (Å²) in [5.74, 6) is -0.162. The Labute approximate surface area is 142 Å².